The average molecular weight is 285 g/mol. The summed E-state index contributed by atoms with van der Waals surface area (Å²) < 4.78 is 21.7. The minimum atomic E-state index is -3.93. The minimum absolute atomic E-state index is 0.567. The van der Waals surface area contributed by atoms with E-state index in [1.54, 1.807) is 0 Å². The molecule has 18 heavy (non-hydrogen) atoms. The number of aliphatic hydroxyl groups is 3. The van der Waals surface area contributed by atoms with Crippen LogP contribution in [0, 0.1) is 0 Å². The van der Waals surface area contributed by atoms with Gasteiger partial charge in [-0.05, 0) is 0 Å². The van der Waals surface area contributed by atoms with Gasteiger partial charge in [-0.25, -0.2) is 0 Å². The number of hydrogen-bond donors (Lipinski definition) is 5. The molecule has 0 aromatic carbocycles. The quantitative estimate of drug-likeness (QED) is 0.387. The van der Waals surface area contributed by atoms with Crippen LogP contribution in [0.2, 0.25) is 0 Å². The molecule has 1 rings (SSSR count). The number of rotatable bonds is 4. The van der Waals surface area contributed by atoms with Crippen molar-refractivity contribution in [3.05, 3.63) is 0 Å². The Kier molecular flexibility index (Phi) is 5.28. The van der Waals surface area contributed by atoms with Crippen LogP contribution in [0.5, 0.6) is 0 Å². The molecular weight excluding hydrogens is 265 g/mol. The first kappa shape index (κ1) is 16.0. The zero-order chi connectivity index (χ0) is 14.1. The van der Waals surface area contributed by atoms with Crippen LogP contribution in [0.1, 0.15) is 13.8 Å². The molecule has 0 amide bonds. The van der Waals surface area contributed by atoms with Gasteiger partial charge in [0, 0.05) is 0 Å². The lowest BCUT2D eigenvalue weighted by Gasteiger charge is -2.40. The molecule has 4 unspecified atom stereocenters. The fraction of sp³-hybridized carbons (Fsp3) is 1.00. The number of ether oxygens (including phenoxy) is 1. The van der Waals surface area contributed by atoms with Crippen molar-refractivity contribution in [1.82, 2.24) is 0 Å². The molecule has 0 saturated carbocycles. The van der Waals surface area contributed by atoms with Crippen molar-refractivity contribution < 1.29 is 34.0 Å². The van der Waals surface area contributed by atoms with Gasteiger partial charge in [-0.3, -0.25) is 9.09 Å². The molecule has 0 bridgehead atoms. The maximum absolute atomic E-state index is 11.7. The summed E-state index contributed by atoms with van der Waals surface area (Å²) in [6, 6.07) is -1.18. The maximum atomic E-state index is 11.7. The smallest absolute Gasteiger partial charge is 0.332 e. The van der Waals surface area contributed by atoms with Crippen LogP contribution < -0.4 is 5.73 Å². The Morgan fingerprint density at radius 1 is 1.39 bits per heavy atom. The van der Waals surface area contributed by atoms with Crippen LogP contribution in [0.3, 0.4) is 0 Å². The van der Waals surface area contributed by atoms with E-state index in [0.29, 0.717) is 0 Å². The number of aliphatic hydroxyl groups excluding tert-OH is 3. The third-order valence-corrected chi connectivity index (χ3v) is 4.65. The second-order valence-corrected chi connectivity index (χ2v) is 6.92. The lowest BCUT2D eigenvalue weighted by atomic mass is 9.98. The Morgan fingerprint density at radius 3 is 2.39 bits per heavy atom. The van der Waals surface area contributed by atoms with Crippen molar-refractivity contribution in [2.75, 3.05) is 6.61 Å². The Labute approximate surface area is 105 Å². The maximum Gasteiger partial charge on any atom is 0.332 e. The van der Waals surface area contributed by atoms with Crippen LogP contribution in [0.25, 0.3) is 0 Å². The third-order valence-electron chi connectivity index (χ3n) is 2.84. The van der Waals surface area contributed by atoms with E-state index >= 15 is 0 Å². The minimum Gasteiger partial charge on any atom is -0.394 e. The van der Waals surface area contributed by atoms with Crippen LogP contribution in [-0.2, 0) is 13.8 Å². The van der Waals surface area contributed by atoms with Crippen molar-refractivity contribution >= 4 is 7.60 Å². The molecule has 8 nitrogen and oxygen atoms in total. The lowest BCUT2D eigenvalue weighted by molar-refractivity contribution is -0.241. The molecule has 1 fully saturated rings. The molecule has 0 aliphatic carbocycles. The zero-order valence-corrected chi connectivity index (χ0v) is 11.1. The highest BCUT2D eigenvalue weighted by Gasteiger charge is 2.45. The molecule has 1 aliphatic heterocycles. The Morgan fingerprint density at radius 2 is 1.94 bits per heavy atom. The summed E-state index contributed by atoms with van der Waals surface area (Å²) >= 11 is 0. The van der Waals surface area contributed by atoms with Crippen LogP contribution in [0.4, 0.5) is 0 Å². The normalized spacial score (nSPS) is 40.8. The lowest BCUT2D eigenvalue weighted by Crippen LogP contribution is -2.62. The summed E-state index contributed by atoms with van der Waals surface area (Å²) in [7, 11) is -3.93. The molecule has 6 atom stereocenters. The first-order valence-electron chi connectivity index (χ1n) is 5.59. The SMILES string of the molecule is CC(C)P(=O)(O)OC1OC(CO)[C@H](O)[C@H](O)C1N. The molecular formula is C9H20NO7P. The fourth-order valence-electron chi connectivity index (χ4n) is 1.47. The van der Waals surface area contributed by atoms with Gasteiger partial charge in [-0.15, -0.1) is 0 Å². The Balaban J connectivity index is 2.80. The van der Waals surface area contributed by atoms with E-state index in [1.807, 2.05) is 0 Å². The van der Waals surface area contributed by atoms with Gasteiger partial charge < -0.3 is 30.7 Å². The Hall–Kier alpha value is -0.0500. The highest BCUT2D eigenvalue weighted by Crippen LogP contribution is 2.49. The topological polar surface area (TPSA) is 142 Å². The Bertz CT molecular complexity index is 324. The van der Waals surface area contributed by atoms with Gasteiger partial charge in [0.15, 0.2) is 6.29 Å². The van der Waals surface area contributed by atoms with Crippen molar-refractivity contribution in [1.29, 1.82) is 0 Å². The van der Waals surface area contributed by atoms with Gasteiger partial charge in [0.2, 0.25) is 0 Å². The summed E-state index contributed by atoms with van der Waals surface area (Å²) in [5.41, 5.74) is 4.90. The fourth-order valence-corrected chi connectivity index (χ4v) is 2.20. The van der Waals surface area contributed by atoms with E-state index in [0.717, 1.165) is 0 Å². The van der Waals surface area contributed by atoms with Gasteiger partial charge in [0.25, 0.3) is 0 Å². The third kappa shape index (κ3) is 3.28. The summed E-state index contributed by atoms with van der Waals surface area (Å²) in [6.07, 6.45) is -5.26. The molecule has 6 N–H and O–H groups in total. The van der Waals surface area contributed by atoms with Gasteiger partial charge in [-0.2, -0.15) is 0 Å². The second kappa shape index (κ2) is 5.94. The summed E-state index contributed by atoms with van der Waals surface area (Å²) in [4.78, 5) is 9.56. The zero-order valence-electron chi connectivity index (χ0n) is 10.2. The molecule has 1 heterocycles. The molecule has 0 radical (unpaired) electrons. The summed E-state index contributed by atoms with van der Waals surface area (Å²) in [6.45, 7) is 2.41. The first-order chi connectivity index (χ1) is 8.20. The molecule has 1 saturated heterocycles. The van der Waals surface area contributed by atoms with E-state index in [9.17, 15) is 19.7 Å². The van der Waals surface area contributed by atoms with Crippen molar-refractivity contribution in [3.63, 3.8) is 0 Å². The molecule has 0 spiro atoms. The molecule has 1 aliphatic rings. The second-order valence-electron chi connectivity index (χ2n) is 4.55. The van der Waals surface area contributed by atoms with Gasteiger partial charge in [0.05, 0.1) is 18.3 Å². The van der Waals surface area contributed by atoms with Gasteiger partial charge in [0.1, 0.15) is 18.3 Å². The molecule has 9 heteroatoms. The summed E-state index contributed by atoms with van der Waals surface area (Å²) in [5, 5.41) is 28.1. The van der Waals surface area contributed by atoms with Crippen molar-refractivity contribution in [2.45, 2.75) is 50.2 Å². The van der Waals surface area contributed by atoms with Gasteiger partial charge in [-0.1, -0.05) is 13.8 Å². The van der Waals surface area contributed by atoms with E-state index in [-0.39, 0.29) is 0 Å². The van der Waals surface area contributed by atoms with Crippen LogP contribution >= 0.6 is 7.60 Å². The molecule has 0 aromatic rings. The number of nitrogens with two attached hydrogens (primary N) is 1. The monoisotopic (exact) mass is 285 g/mol. The van der Waals surface area contributed by atoms with E-state index in [4.69, 9.17) is 20.1 Å². The van der Waals surface area contributed by atoms with E-state index in [2.05, 4.69) is 0 Å². The highest BCUT2D eigenvalue weighted by molar-refractivity contribution is 7.53. The predicted molar refractivity (Wildman–Crippen MR) is 61.8 cm³/mol. The van der Waals surface area contributed by atoms with E-state index < -0.39 is 50.5 Å². The van der Waals surface area contributed by atoms with Crippen LogP contribution in [0.15, 0.2) is 0 Å². The van der Waals surface area contributed by atoms with Crippen molar-refractivity contribution in [2.24, 2.45) is 5.73 Å². The predicted octanol–water partition coefficient (Wildman–Crippen LogP) is -1.64. The first-order valence-corrected chi connectivity index (χ1v) is 7.24. The largest absolute Gasteiger partial charge is 0.394 e. The van der Waals surface area contributed by atoms with E-state index in [1.165, 1.54) is 13.8 Å². The number of hydrogen-bond acceptors (Lipinski definition) is 7. The standard InChI is InChI=1S/C9H20NO7P/c1-4(2)18(14,15)17-9-6(10)8(13)7(12)5(3-11)16-9/h4-9,11-13H,3,10H2,1-2H3,(H,14,15)/t5?,6?,7-,8+,9?/m0/s1. The van der Waals surface area contributed by atoms with Gasteiger partial charge >= 0.3 is 7.60 Å². The van der Waals surface area contributed by atoms with Crippen LogP contribution in [-0.4, -0.2) is 63.1 Å². The molecule has 0 aromatic heterocycles. The average Bonchev–Trinajstić information content (AvgIpc) is 2.29. The van der Waals surface area contributed by atoms with Crippen molar-refractivity contribution in [3.8, 4) is 0 Å². The summed E-state index contributed by atoms with van der Waals surface area (Å²) in [5.74, 6) is 0. The highest BCUT2D eigenvalue weighted by atomic mass is 31.2. The molecule has 108 valence electrons.